The zero-order valence-electron chi connectivity index (χ0n) is 16.9. The molecule has 0 fully saturated rings. The lowest BCUT2D eigenvalue weighted by Crippen LogP contribution is -2.14. The fraction of sp³-hybridized carbons (Fsp3) is 0.0870. The fourth-order valence-electron chi connectivity index (χ4n) is 3.11. The van der Waals surface area contributed by atoms with E-state index < -0.39 is 5.91 Å². The van der Waals surface area contributed by atoms with Crippen LogP contribution in [0.4, 0.5) is 15.8 Å². The Morgan fingerprint density at radius 2 is 1.62 bits per heavy atom. The fourth-order valence-corrected chi connectivity index (χ4v) is 3.43. The second-order valence-electron chi connectivity index (χ2n) is 7.00. The summed E-state index contributed by atoms with van der Waals surface area (Å²) in [6.07, 6.45) is 1.42. The van der Waals surface area contributed by atoms with E-state index in [4.69, 9.17) is 16.0 Å². The van der Waals surface area contributed by atoms with Crippen molar-refractivity contribution in [3.8, 4) is 0 Å². The summed E-state index contributed by atoms with van der Waals surface area (Å²) in [6.45, 7) is 1.99. The Labute approximate surface area is 187 Å². The van der Waals surface area contributed by atoms with Gasteiger partial charge in [0.05, 0.1) is 24.1 Å². The van der Waals surface area contributed by atoms with Gasteiger partial charge in [0.2, 0.25) is 0 Å². The molecule has 7 nitrogen and oxygen atoms in total. The number of carbonyl (C=O) groups excluding carboxylic acids is 2. The van der Waals surface area contributed by atoms with E-state index >= 15 is 0 Å². The van der Waals surface area contributed by atoms with Crippen molar-refractivity contribution in [1.29, 1.82) is 0 Å². The molecular weight excluding hydrogens is 435 g/mol. The first kappa shape index (κ1) is 21.3. The van der Waals surface area contributed by atoms with Crippen LogP contribution in [-0.2, 0) is 6.54 Å². The summed E-state index contributed by atoms with van der Waals surface area (Å²) >= 11 is 6.41. The zero-order valence-corrected chi connectivity index (χ0v) is 17.7. The van der Waals surface area contributed by atoms with Crippen molar-refractivity contribution in [3.05, 3.63) is 100 Å². The van der Waals surface area contributed by atoms with Gasteiger partial charge < -0.3 is 15.1 Å². The Kier molecular flexibility index (Phi) is 6.04. The molecular formula is C23H18ClFN4O3. The van der Waals surface area contributed by atoms with Gasteiger partial charge in [-0.05, 0) is 61.0 Å². The van der Waals surface area contributed by atoms with Crippen molar-refractivity contribution in [2.24, 2.45) is 0 Å². The van der Waals surface area contributed by atoms with E-state index in [1.165, 1.54) is 23.1 Å². The third-order valence-electron chi connectivity index (χ3n) is 4.68. The minimum atomic E-state index is -0.412. The first-order valence-electron chi connectivity index (χ1n) is 9.64. The van der Waals surface area contributed by atoms with Crippen molar-refractivity contribution >= 4 is 34.8 Å². The summed E-state index contributed by atoms with van der Waals surface area (Å²) in [6, 6.07) is 15.8. The second kappa shape index (κ2) is 9.07. The molecule has 2 aromatic carbocycles. The third-order valence-corrected chi connectivity index (χ3v) is 5.07. The van der Waals surface area contributed by atoms with Gasteiger partial charge in [-0.2, -0.15) is 5.10 Å². The number of nitrogens with one attached hydrogen (secondary N) is 2. The average Bonchev–Trinajstić information content (AvgIpc) is 3.40. The lowest BCUT2D eigenvalue weighted by molar-refractivity contribution is 0.0994. The van der Waals surface area contributed by atoms with Gasteiger partial charge >= 0.3 is 0 Å². The van der Waals surface area contributed by atoms with Gasteiger partial charge in [0.25, 0.3) is 11.8 Å². The van der Waals surface area contributed by atoms with E-state index in [9.17, 15) is 14.0 Å². The molecule has 0 spiro atoms. The quantitative estimate of drug-likeness (QED) is 0.424. The largest absolute Gasteiger partial charge is 0.459 e. The van der Waals surface area contributed by atoms with Crippen LogP contribution in [0.5, 0.6) is 0 Å². The van der Waals surface area contributed by atoms with Crippen molar-refractivity contribution in [3.63, 3.8) is 0 Å². The number of aromatic nitrogens is 2. The Bertz CT molecular complexity index is 1250. The average molecular weight is 453 g/mol. The van der Waals surface area contributed by atoms with Crippen molar-refractivity contribution in [1.82, 2.24) is 9.78 Å². The minimum Gasteiger partial charge on any atom is -0.459 e. The zero-order chi connectivity index (χ0) is 22.7. The molecule has 0 atom stereocenters. The highest BCUT2D eigenvalue weighted by Gasteiger charge is 2.20. The first-order valence-corrected chi connectivity index (χ1v) is 10.0. The molecule has 4 rings (SSSR count). The molecule has 2 heterocycles. The number of amides is 2. The topological polar surface area (TPSA) is 89.2 Å². The molecule has 32 heavy (non-hydrogen) atoms. The van der Waals surface area contributed by atoms with Gasteiger partial charge in [0.1, 0.15) is 11.0 Å². The minimum absolute atomic E-state index is 0.187. The Hall–Kier alpha value is -3.91. The number of aryl methyl sites for hydroxylation is 1. The third kappa shape index (κ3) is 4.70. The summed E-state index contributed by atoms with van der Waals surface area (Å²) < 4.78 is 19.7. The van der Waals surface area contributed by atoms with Crippen LogP contribution < -0.4 is 10.6 Å². The lowest BCUT2D eigenvalue weighted by atomic mass is 10.2. The number of hydrogen-bond donors (Lipinski definition) is 2. The number of rotatable bonds is 6. The van der Waals surface area contributed by atoms with Crippen LogP contribution in [0.3, 0.4) is 0 Å². The van der Waals surface area contributed by atoms with E-state index in [0.717, 1.165) is 5.56 Å². The molecule has 4 aromatic rings. The standard InChI is InChI=1S/C23H18ClFN4O3/c1-14-20(21(24)29(28-14)13-15-4-6-16(25)7-5-15)23(31)27-18-10-8-17(9-11-18)26-22(30)19-3-2-12-32-19/h2-12H,13H2,1H3,(H,26,30)(H,27,31). The maximum atomic E-state index is 13.1. The molecule has 0 aliphatic carbocycles. The monoisotopic (exact) mass is 452 g/mol. The number of nitrogens with zero attached hydrogens (tertiary/aromatic N) is 2. The molecule has 0 bridgehead atoms. The summed E-state index contributed by atoms with van der Waals surface area (Å²) in [5.41, 5.74) is 2.59. The van der Waals surface area contributed by atoms with E-state index in [2.05, 4.69) is 15.7 Å². The van der Waals surface area contributed by atoms with Gasteiger partial charge in [-0.15, -0.1) is 0 Å². The maximum Gasteiger partial charge on any atom is 0.291 e. The highest BCUT2D eigenvalue weighted by molar-refractivity contribution is 6.33. The smallest absolute Gasteiger partial charge is 0.291 e. The maximum absolute atomic E-state index is 13.1. The van der Waals surface area contributed by atoms with Crippen molar-refractivity contribution < 1.29 is 18.4 Å². The number of benzene rings is 2. The van der Waals surface area contributed by atoms with E-state index in [-0.39, 0.29) is 28.2 Å². The molecule has 0 radical (unpaired) electrons. The van der Waals surface area contributed by atoms with Crippen LogP contribution in [0.15, 0.2) is 71.3 Å². The molecule has 0 saturated carbocycles. The SMILES string of the molecule is Cc1nn(Cc2ccc(F)cc2)c(Cl)c1C(=O)Nc1ccc(NC(=O)c2ccco2)cc1. The van der Waals surface area contributed by atoms with Crippen molar-refractivity contribution in [2.75, 3.05) is 10.6 Å². The van der Waals surface area contributed by atoms with Crippen LogP contribution in [0, 0.1) is 12.7 Å². The number of hydrogen-bond acceptors (Lipinski definition) is 4. The highest BCUT2D eigenvalue weighted by Crippen LogP contribution is 2.23. The van der Waals surface area contributed by atoms with Gasteiger partial charge in [-0.3, -0.25) is 9.59 Å². The summed E-state index contributed by atoms with van der Waals surface area (Å²) in [4.78, 5) is 24.8. The lowest BCUT2D eigenvalue weighted by Gasteiger charge is -2.08. The molecule has 2 N–H and O–H groups in total. The van der Waals surface area contributed by atoms with Crippen LogP contribution in [-0.4, -0.2) is 21.6 Å². The number of halogens is 2. The summed E-state index contributed by atoms with van der Waals surface area (Å²) in [7, 11) is 0. The van der Waals surface area contributed by atoms with E-state index in [1.807, 2.05) is 0 Å². The van der Waals surface area contributed by atoms with Gasteiger partial charge in [0.15, 0.2) is 5.76 Å². The molecule has 0 unspecified atom stereocenters. The molecule has 162 valence electrons. The van der Waals surface area contributed by atoms with Gasteiger partial charge in [-0.25, -0.2) is 9.07 Å². The summed E-state index contributed by atoms with van der Waals surface area (Å²) in [5, 5.41) is 10.00. The molecule has 0 aliphatic heterocycles. The Morgan fingerprint density at radius 3 is 2.22 bits per heavy atom. The predicted octanol–water partition coefficient (Wildman–Crippen LogP) is 5.13. The van der Waals surface area contributed by atoms with Crippen LogP contribution in [0.1, 0.15) is 32.2 Å². The summed E-state index contributed by atoms with van der Waals surface area (Å²) in [5.74, 6) is -0.916. The molecule has 2 aromatic heterocycles. The van der Waals surface area contributed by atoms with Crippen LogP contribution in [0.2, 0.25) is 5.15 Å². The van der Waals surface area contributed by atoms with E-state index in [1.54, 1.807) is 55.5 Å². The molecule has 0 saturated heterocycles. The van der Waals surface area contributed by atoms with Gasteiger partial charge in [0, 0.05) is 11.4 Å². The molecule has 0 aliphatic rings. The van der Waals surface area contributed by atoms with Crippen molar-refractivity contribution in [2.45, 2.75) is 13.5 Å². The van der Waals surface area contributed by atoms with Gasteiger partial charge in [-0.1, -0.05) is 23.7 Å². The predicted molar refractivity (Wildman–Crippen MR) is 119 cm³/mol. The normalized spacial score (nSPS) is 10.7. The first-order chi connectivity index (χ1) is 15.4. The van der Waals surface area contributed by atoms with E-state index in [0.29, 0.717) is 23.6 Å². The van der Waals surface area contributed by atoms with Crippen LogP contribution in [0.25, 0.3) is 0 Å². The number of anilines is 2. The van der Waals surface area contributed by atoms with Crippen LogP contribution >= 0.6 is 11.6 Å². The number of carbonyl (C=O) groups is 2. The highest BCUT2D eigenvalue weighted by atomic mass is 35.5. The second-order valence-corrected chi connectivity index (χ2v) is 7.36. The Morgan fingerprint density at radius 1 is 1.00 bits per heavy atom. The Balaban J connectivity index is 1.44. The number of furan rings is 1. The molecule has 2 amide bonds. The molecule has 9 heteroatoms.